The van der Waals surface area contributed by atoms with Crippen LogP contribution < -0.4 is 10.8 Å². The molecule has 0 aromatic carbocycles. The lowest BCUT2D eigenvalue weighted by Crippen LogP contribution is -2.31. The molecule has 0 saturated carbocycles. The number of hydrogen-bond acceptors (Lipinski definition) is 5. The smallest absolute Gasteiger partial charge is 0.318 e. The number of carbonyl (C=O) groups excluding carboxylic acids is 3. The molecule has 112 valence electrons. The van der Waals surface area contributed by atoms with Gasteiger partial charge in [-0.2, -0.15) is 0 Å². The van der Waals surface area contributed by atoms with E-state index in [1.165, 1.54) is 17.1 Å². The molecule has 0 unspecified atom stereocenters. The summed E-state index contributed by atoms with van der Waals surface area (Å²) in [5.41, 5.74) is 5.17. The number of carbonyl (C=O) groups is 3. The normalized spacial score (nSPS) is 14.8. The van der Waals surface area contributed by atoms with Crippen molar-refractivity contribution in [2.75, 3.05) is 13.1 Å². The van der Waals surface area contributed by atoms with Gasteiger partial charge in [-0.15, -0.1) is 5.50 Å². The van der Waals surface area contributed by atoms with Gasteiger partial charge >= 0.3 is 12.4 Å². The van der Waals surface area contributed by atoms with Crippen LogP contribution in [0.2, 0.25) is 0 Å². The number of nitrogens with zero attached hydrogens (tertiary/aromatic N) is 1. The minimum absolute atomic E-state index is 0.288. The van der Waals surface area contributed by atoms with Gasteiger partial charge in [0.1, 0.15) is 0 Å². The lowest BCUT2D eigenvalue weighted by molar-refractivity contribution is -0.136. The van der Waals surface area contributed by atoms with Gasteiger partial charge < -0.3 is 5.32 Å². The zero-order chi connectivity index (χ0) is 15.2. The van der Waals surface area contributed by atoms with Crippen LogP contribution >= 0.6 is 28.8 Å². The maximum absolute atomic E-state index is 11.2. The van der Waals surface area contributed by atoms with Gasteiger partial charge in [0.15, 0.2) is 22.5 Å². The third-order valence-corrected chi connectivity index (χ3v) is 3.26. The number of unbranched alkanes of at least 4 members (excludes halogenated alkanes) is 2. The summed E-state index contributed by atoms with van der Waals surface area (Å²) in [6.45, 7) is 0.739. The Morgan fingerprint density at radius 1 is 1.25 bits per heavy atom. The molecule has 3 N–H and O–H groups in total. The van der Waals surface area contributed by atoms with Crippen molar-refractivity contribution >= 4 is 46.7 Å². The number of nitrogens with one attached hydrogen (secondary N) is 1. The van der Waals surface area contributed by atoms with Crippen LogP contribution in [-0.4, -0.2) is 35.9 Å². The summed E-state index contributed by atoms with van der Waals surface area (Å²) in [6, 6.07) is 0. The van der Waals surface area contributed by atoms with E-state index in [1.807, 2.05) is 0 Å². The zero-order valence-corrected chi connectivity index (χ0v) is 13.0. The minimum Gasteiger partial charge on any atom is -0.318 e. The molecule has 1 aliphatic rings. The number of hydrogen-bond donors (Lipinski definition) is 2. The van der Waals surface area contributed by atoms with Gasteiger partial charge in [-0.05, 0) is 19.3 Å². The van der Waals surface area contributed by atoms with Gasteiger partial charge in [0.2, 0.25) is 0 Å². The van der Waals surface area contributed by atoms with Crippen molar-refractivity contribution in [3.8, 4) is 0 Å². The molecule has 20 heavy (non-hydrogen) atoms. The summed E-state index contributed by atoms with van der Waals surface area (Å²) < 4.78 is 4.52. The van der Waals surface area contributed by atoms with Gasteiger partial charge in [0.05, 0.1) is 0 Å². The quantitative estimate of drug-likeness (QED) is 0.418. The van der Waals surface area contributed by atoms with Gasteiger partial charge in [-0.3, -0.25) is 14.5 Å². The summed E-state index contributed by atoms with van der Waals surface area (Å²) in [6.07, 6.45) is 0.685. The van der Waals surface area contributed by atoms with Crippen molar-refractivity contribution in [1.29, 1.82) is 0 Å². The van der Waals surface area contributed by atoms with Gasteiger partial charge in [0.25, 0.3) is 11.8 Å². The monoisotopic (exact) mass is 342 g/mol. The molecule has 0 aromatic heterocycles. The van der Waals surface area contributed by atoms with Crippen molar-refractivity contribution in [3.63, 3.8) is 0 Å². The number of imide groups is 1. The number of rotatable bonds is 7. The zero-order valence-electron chi connectivity index (χ0n) is 10.6. The summed E-state index contributed by atoms with van der Waals surface area (Å²) in [5, 5.41) is 2.44. The van der Waals surface area contributed by atoms with Crippen LogP contribution in [0.3, 0.4) is 0 Å². The second kappa shape index (κ2) is 7.78. The third-order valence-electron chi connectivity index (χ3n) is 2.43. The van der Waals surface area contributed by atoms with E-state index in [0.29, 0.717) is 25.9 Å². The highest BCUT2D eigenvalue weighted by molar-refractivity contribution is 8.12. The molecule has 1 heterocycles. The van der Waals surface area contributed by atoms with Gasteiger partial charge in [-0.25, -0.2) is 9.32 Å². The lowest BCUT2D eigenvalue weighted by atomic mass is 10.2. The average molecular weight is 343 g/mol. The summed E-state index contributed by atoms with van der Waals surface area (Å²) in [7, 11) is 0. The molecule has 0 saturated heterocycles. The predicted molar refractivity (Wildman–Crippen MR) is 77.0 cm³/mol. The Hall–Kier alpha value is -0.880. The van der Waals surface area contributed by atoms with Crippen LogP contribution in [0.5, 0.6) is 0 Å². The van der Waals surface area contributed by atoms with Crippen molar-refractivity contribution in [1.82, 2.24) is 10.2 Å². The Kier molecular flexibility index (Phi) is 6.68. The molecule has 0 fully saturated rings. The largest absolute Gasteiger partial charge is 0.462 e. The summed E-state index contributed by atoms with van der Waals surface area (Å²) in [4.78, 5) is 34.8. The van der Waals surface area contributed by atoms with Crippen molar-refractivity contribution in [3.05, 3.63) is 12.2 Å². The molecule has 0 radical (unpaired) electrons. The van der Waals surface area contributed by atoms with Gasteiger partial charge in [0, 0.05) is 25.2 Å². The standard InChI is InChI=1S/C10H14Cl2N3O4P/c11-20(12,13)19-10(18)14-6-2-1-3-7-15-8(16)4-5-9(15)17/h4-5H,1-3,6-7,13H2/p+1. The molecule has 0 aliphatic carbocycles. The first kappa shape index (κ1) is 17.2. The second-order valence-electron chi connectivity index (χ2n) is 4.03. The van der Waals surface area contributed by atoms with Crippen LogP contribution in [0, 0.1) is 0 Å². The Balaban J connectivity index is 2.04. The fourth-order valence-electron chi connectivity index (χ4n) is 1.56. The van der Waals surface area contributed by atoms with Crippen molar-refractivity contribution in [2.24, 2.45) is 5.50 Å². The minimum atomic E-state index is -3.12. The van der Waals surface area contributed by atoms with Gasteiger partial charge in [-0.1, -0.05) is 0 Å². The van der Waals surface area contributed by atoms with Crippen LogP contribution in [0.15, 0.2) is 12.2 Å². The highest BCUT2D eigenvalue weighted by Gasteiger charge is 2.35. The van der Waals surface area contributed by atoms with Crippen molar-refractivity contribution in [2.45, 2.75) is 19.3 Å². The Labute approximate surface area is 126 Å². The molecule has 1 rings (SSSR count). The van der Waals surface area contributed by atoms with E-state index in [4.69, 9.17) is 28.0 Å². The second-order valence-corrected chi connectivity index (χ2v) is 8.75. The van der Waals surface area contributed by atoms with Crippen LogP contribution in [0.1, 0.15) is 19.3 Å². The van der Waals surface area contributed by atoms with E-state index in [1.54, 1.807) is 0 Å². The molecule has 0 spiro atoms. The lowest BCUT2D eigenvalue weighted by Gasteiger charge is -2.13. The summed E-state index contributed by atoms with van der Waals surface area (Å²) >= 11 is 10.8. The molecule has 0 bridgehead atoms. The molecule has 3 amide bonds. The highest BCUT2D eigenvalue weighted by Crippen LogP contribution is 2.62. The maximum atomic E-state index is 11.2. The van der Waals surface area contributed by atoms with E-state index < -0.39 is 12.4 Å². The average Bonchev–Trinajstić information content (AvgIpc) is 2.62. The molecule has 0 atom stereocenters. The predicted octanol–water partition coefficient (Wildman–Crippen LogP) is 1.92. The van der Waals surface area contributed by atoms with E-state index >= 15 is 0 Å². The Morgan fingerprint density at radius 3 is 2.40 bits per heavy atom. The first-order valence-electron chi connectivity index (χ1n) is 5.87. The van der Waals surface area contributed by atoms with E-state index in [2.05, 4.69) is 9.84 Å². The molecule has 10 heteroatoms. The fourth-order valence-corrected chi connectivity index (χ4v) is 2.22. The first-order valence-corrected chi connectivity index (χ1v) is 9.46. The highest BCUT2D eigenvalue weighted by atomic mass is 35.9. The van der Waals surface area contributed by atoms with Crippen LogP contribution in [0.4, 0.5) is 4.79 Å². The number of halogens is 2. The summed E-state index contributed by atoms with van der Waals surface area (Å²) in [5.74, 6) is -0.576. The number of amides is 3. The molecular formula is C10H15Cl2N3O4P+. The topological polar surface area (TPSA) is 102 Å². The Morgan fingerprint density at radius 2 is 1.85 bits per heavy atom. The van der Waals surface area contributed by atoms with Crippen LogP contribution in [0.25, 0.3) is 0 Å². The molecule has 1 aliphatic heterocycles. The first-order chi connectivity index (χ1) is 9.29. The van der Waals surface area contributed by atoms with Crippen molar-refractivity contribution < 1.29 is 18.9 Å². The molecule has 7 nitrogen and oxygen atoms in total. The van der Waals surface area contributed by atoms with Crippen LogP contribution in [-0.2, 0) is 14.1 Å². The molecule has 0 aromatic rings. The third kappa shape index (κ3) is 6.52. The Bertz CT molecular complexity index is 407. The maximum Gasteiger partial charge on any atom is 0.462 e. The van der Waals surface area contributed by atoms with E-state index in [0.717, 1.165) is 6.42 Å². The molecular weight excluding hydrogens is 328 g/mol. The number of nitrogens with two attached hydrogens (primary N) is 1. The van der Waals surface area contributed by atoms with E-state index in [9.17, 15) is 14.4 Å². The SMILES string of the molecule is N[P+](Cl)(Cl)OC(=O)NCCCCCN1C(=O)C=CC1=O. The fraction of sp³-hybridized carbons (Fsp3) is 0.500. The van der Waals surface area contributed by atoms with E-state index in [-0.39, 0.29) is 11.8 Å².